The number of hydrogen-bond donors (Lipinski definition) is 0. The number of hydrogen-bond acceptors (Lipinski definition) is 4. The van der Waals surface area contributed by atoms with Crippen molar-refractivity contribution in [3.05, 3.63) is 33.3 Å². The molecule has 1 aliphatic heterocycles. The summed E-state index contributed by atoms with van der Waals surface area (Å²) in [4.78, 5) is 7.21. The van der Waals surface area contributed by atoms with E-state index in [2.05, 4.69) is 6.07 Å². The Bertz CT molecular complexity index is 888. The van der Waals surface area contributed by atoms with E-state index < -0.39 is 5.92 Å². The van der Waals surface area contributed by atoms with Crippen LogP contribution in [0.5, 0.6) is 0 Å². The van der Waals surface area contributed by atoms with Crippen LogP contribution < -0.4 is 4.90 Å². The van der Waals surface area contributed by atoms with Crippen molar-refractivity contribution in [1.82, 2.24) is 4.98 Å². The van der Waals surface area contributed by atoms with Crippen molar-refractivity contribution in [2.45, 2.75) is 44.4 Å². The van der Waals surface area contributed by atoms with Gasteiger partial charge in [-0.05, 0) is 43.4 Å². The Kier molecular flexibility index (Phi) is 4.62. The molecule has 3 nitrogen and oxygen atoms in total. The zero-order chi connectivity index (χ0) is 18.3. The number of fused-ring (bicyclic) bond motifs is 1. The molecule has 1 saturated heterocycles. The van der Waals surface area contributed by atoms with E-state index in [1.54, 1.807) is 4.90 Å². The predicted octanol–water partition coefficient (Wildman–Crippen LogP) is 5.45. The van der Waals surface area contributed by atoms with E-state index in [-0.39, 0.29) is 19.5 Å². The van der Waals surface area contributed by atoms with E-state index in [0.717, 1.165) is 53.8 Å². The van der Waals surface area contributed by atoms with Gasteiger partial charge in [-0.3, -0.25) is 0 Å². The number of halogens is 3. The summed E-state index contributed by atoms with van der Waals surface area (Å²) in [5.74, 6) is -2.32. The van der Waals surface area contributed by atoms with Crippen molar-refractivity contribution in [3.8, 4) is 16.5 Å². The molecule has 26 heavy (non-hydrogen) atoms. The van der Waals surface area contributed by atoms with Crippen LogP contribution in [-0.4, -0.2) is 24.0 Å². The lowest BCUT2D eigenvalue weighted by atomic mass is 9.95. The SMILES string of the molecule is N#Cc1c(N2CCC(F)(F)C2)nc2c(c1-c1ccc(Cl)s1)CCCCC2. The van der Waals surface area contributed by atoms with Crippen molar-refractivity contribution >= 4 is 28.8 Å². The van der Waals surface area contributed by atoms with Gasteiger partial charge in [-0.15, -0.1) is 11.3 Å². The lowest BCUT2D eigenvalue weighted by molar-refractivity contribution is 0.0256. The summed E-state index contributed by atoms with van der Waals surface area (Å²) in [6, 6.07) is 5.99. The molecule has 0 bridgehead atoms. The van der Waals surface area contributed by atoms with Crippen molar-refractivity contribution < 1.29 is 8.78 Å². The highest BCUT2D eigenvalue weighted by atomic mass is 35.5. The minimum Gasteiger partial charge on any atom is -0.349 e. The fourth-order valence-corrected chi connectivity index (χ4v) is 5.00. The van der Waals surface area contributed by atoms with Gasteiger partial charge in [0.2, 0.25) is 0 Å². The normalized spacial score (nSPS) is 19.1. The second-order valence-electron chi connectivity index (χ2n) is 6.91. The molecule has 2 aromatic heterocycles. The minimum atomic E-state index is -2.73. The zero-order valence-corrected chi connectivity index (χ0v) is 15.8. The molecule has 0 radical (unpaired) electrons. The van der Waals surface area contributed by atoms with E-state index >= 15 is 0 Å². The summed E-state index contributed by atoms with van der Waals surface area (Å²) in [7, 11) is 0. The summed E-state index contributed by atoms with van der Waals surface area (Å²) in [5.41, 5.74) is 3.29. The third-order valence-corrected chi connectivity index (χ3v) is 6.35. The molecule has 0 saturated carbocycles. The van der Waals surface area contributed by atoms with E-state index in [1.807, 2.05) is 12.1 Å². The van der Waals surface area contributed by atoms with Crippen LogP contribution >= 0.6 is 22.9 Å². The van der Waals surface area contributed by atoms with Crippen molar-refractivity contribution in [2.75, 3.05) is 18.0 Å². The molecule has 0 atom stereocenters. The van der Waals surface area contributed by atoms with Crippen molar-refractivity contribution in [1.29, 1.82) is 5.26 Å². The van der Waals surface area contributed by atoms with Gasteiger partial charge in [0.15, 0.2) is 0 Å². The first-order valence-corrected chi connectivity index (χ1v) is 10.0. The topological polar surface area (TPSA) is 39.9 Å². The lowest BCUT2D eigenvalue weighted by Gasteiger charge is -2.23. The quantitative estimate of drug-likeness (QED) is 0.637. The number of pyridine rings is 1. The van der Waals surface area contributed by atoms with Gasteiger partial charge in [0.1, 0.15) is 17.5 Å². The molecular weight excluding hydrogens is 376 g/mol. The third-order valence-electron chi connectivity index (χ3n) is 5.11. The number of aryl methyl sites for hydroxylation is 1. The van der Waals surface area contributed by atoms with E-state index in [9.17, 15) is 14.0 Å². The van der Waals surface area contributed by atoms with Gasteiger partial charge in [-0.25, -0.2) is 13.8 Å². The molecule has 0 spiro atoms. The van der Waals surface area contributed by atoms with Crippen LogP contribution in [0, 0.1) is 11.3 Å². The number of rotatable bonds is 2. The summed E-state index contributed by atoms with van der Waals surface area (Å²) < 4.78 is 28.2. The number of alkyl halides is 2. The van der Waals surface area contributed by atoms with Crippen molar-refractivity contribution in [3.63, 3.8) is 0 Å². The average Bonchev–Trinajstić information content (AvgIpc) is 3.10. The van der Waals surface area contributed by atoms with Gasteiger partial charge in [0.25, 0.3) is 5.92 Å². The number of nitriles is 1. The van der Waals surface area contributed by atoms with Crippen LogP contribution in [0.3, 0.4) is 0 Å². The highest BCUT2D eigenvalue weighted by Crippen LogP contribution is 2.42. The van der Waals surface area contributed by atoms with Gasteiger partial charge >= 0.3 is 0 Å². The first kappa shape index (κ1) is 17.7. The molecule has 0 amide bonds. The second kappa shape index (κ2) is 6.79. The number of anilines is 1. The first-order chi connectivity index (χ1) is 12.5. The van der Waals surface area contributed by atoms with Gasteiger partial charge in [0, 0.05) is 29.1 Å². The van der Waals surface area contributed by atoms with Crippen molar-refractivity contribution in [2.24, 2.45) is 0 Å². The smallest absolute Gasteiger partial charge is 0.266 e. The molecule has 1 aliphatic carbocycles. The highest BCUT2D eigenvalue weighted by Gasteiger charge is 2.40. The van der Waals surface area contributed by atoms with Gasteiger partial charge in [-0.1, -0.05) is 18.0 Å². The number of nitrogens with zero attached hydrogens (tertiary/aromatic N) is 3. The Morgan fingerprint density at radius 2 is 2.04 bits per heavy atom. The molecule has 4 rings (SSSR count). The zero-order valence-electron chi connectivity index (χ0n) is 14.2. The Morgan fingerprint density at radius 1 is 1.23 bits per heavy atom. The van der Waals surface area contributed by atoms with Crippen LogP contribution in [0.15, 0.2) is 12.1 Å². The van der Waals surface area contributed by atoms with Crippen LogP contribution in [-0.2, 0) is 12.8 Å². The maximum Gasteiger partial charge on any atom is 0.266 e. The fourth-order valence-electron chi connectivity index (χ4n) is 3.88. The Hall–Kier alpha value is -1.71. The van der Waals surface area contributed by atoms with E-state index in [4.69, 9.17) is 16.6 Å². The van der Waals surface area contributed by atoms with E-state index in [0.29, 0.717) is 15.7 Å². The molecule has 1 fully saturated rings. The van der Waals surface area contributed by atoms with Crippen LogP contribution in [0.2, 0.25) is 4.34 Å². The average molecular weight is 394 g/mol. The highest BCUT2D eigenvalue weighted by molar-refractivity contribution is 7.19. The molecule has 2 aliphatic rings. The maximum atomic E-state index is 13.8. The molecule has 136 valence electrons. The molecule has 0 unspecified atom stereocenters. The van der Waals surface area contributed by atoms with Crippen LogP contribution in [0.1, 0.15) is 42.5 Å². The largest absolute Gasteiger partial charge is 0.349 e. The molecule has 7 heteroatoms. The summed E-state index contributed by atoms with van der Waals surface area (Å²) in [6.45, 7) is -0.157. The third kappa shape index (κ3) is 3.19. The Balaban J connectivity index is 1.93. The molecular formula is C19H18ClF2N3S. The number of thiophene rings is 1. The Labute approximate surface area is 160 Å². The van der Waals surface area contributed by atoms with Gasteiger partial charge in [0.05, 0.1) is 10.9 Å². The molecule has 3 heterocycles. The van der Waals surface area contributed by atoms with Crippen LogP contribution in [0.4, 0.5) is 14.6 Å². The second-order valence-corrected chi connectivity index (χ2v) is 8.63. The molecule has 0 aromatic carbocycles. The first-order valence-electron chi connectivity index (χ1n) is 8.83. The van der Waals surface area contributed by atoms with Crippen LogP contribution in [0.25, 0.3) is 10.4 Å². The summed E-state index contributed by atoms with van der Waals surface area (Å²) >= 11 is 7.56. The summed E-state index contributed by atoms with van der Waals surface area (Å²) in [5, 5.41) is 9.90. The van der Waals surface area contributed by atoms with Gasteiger partial charge < -0.3 is 4.90 Å². The minimum absolute atomic E-state index is 0.198. The molecule has 2 aromatic rings. The predicted molar refractivity (Wildman–Crippen MR) is 100 cm³/mol. The monoisotopic (exact) mass is 393 g/mol. The number of aromatic nitrogens is 1. The summed E-state index contributed by atoms with van der Waals surface area (Å²) in [6.07, 6.45) is 4.68. The molecule has 0 N–H and O–H groups in total. The standard InChI is InChI=1S/C19H18ClF2N3S/c20-16-7-6-15(26-16)17-12-4-2-1-3-5-14(12)24-18(13(17)10-23)25-9-8-19(21,22)11-25/h6-7H,1-5,8-9,11H2. The maximum absolute atomic E-state index is 13.8. The fraction of sp³-hybridized carbons (Fsp3) is 0.474. The lowest BCUT2D eigenvalue weighted by Crippen LogP contribution is -2.27. The Morgan fingerprint density at radius 3 is 2.69 bits per heavy atom. The van der Waals surface area contributed by atoms with E-state index in [1.165, 1.54) is 11.3 Å². The van der Waals surface area contributed by atoms with Gasteiger partial charge in [-0.2, -0.15) is 5.26 Å².